The van der Waals surface area contributed by atoms with E-state index in [1.54, 1.807) is 18.6 Å². The van der Waals surface area contributed by atoms with Crippen molar-refractivity contribution < 1.29 is 9.53 Å². The first-order valence-electron chi connectivity index (χ1n) is 8.25. The van der Waals surface area contributed by atoms with E-state index >= 15 is 0 Å². The van der Waals surface area contributed by atoms with Gasteiger partial charge >= 0.3 is 6.03 Å². The highest BCUT2D eigenvalue weighted by molar-refractivity contribution is 5.89. The van der Waals surface area contributed by atoms with E-state index in [9.17, 15) is 4.79 Å². The first-order chi connectivity index (χ1) is 11.6. The summed E-state index contributed by atoms with van der Waals surface area (Å²) in [6.45, 7) is 4.96. The highest BCUT2D eigenvalue weighted by Gasteiger charge is 2.25. The van der Waals surface area contributed by atoms with Crippen molar-refractivity contribution in [2.24, 2.45) is 5.92 Å². The van der Waals surface area contributed by atoms with Gasteiger partial charge in [0.05, 0.1) is 23.7 Å². The molecule has 24 heavy (non-hydrogen) atoms. The van der Waals surface area contributed by atoms with Crippen LogP contribution in [0.15, 0.2) is 30.7 Å². The van der Waals surface area contributed by atoms with E-state index in [0.717, 1.165) is 24.1 Å². The minimum absolute atomic E-state index is 0.134. The summed E-state index contributed by atoms with van der Waals surface area (Å²) in [5, 5.41) is 12.7. The van der Waals surface area contributed by atoms with Gasteiger partial charge in [0.15, 0.2) is 0 Å². The average molecular weight is 329 g/mol. The number of urea groups is 1. The summed E-state index contributed by atoms with van der Waals surface area (Å²) in [6, 6.07) is 3.64. The van der Waals surface area contributed by atoms with Crippen molar-refractivity contribution in [3.8, 4) is 11.3 Å². The first-order valence-corrected chi connectivity index (χ1v) is 8.25. The quantitative estimate of drug-likeness (QED) is 0.804. The molecule has 2 aromatic rings. The van der Waals surface area contributed by atoms with Gasteiger partial charge in [-0.05, 0) is 30.9 Å². The van der Waals surface area contributed by atoms with Gasteiger partial charge in [-0.1, -0.05) is 13.8 Å². The Balaban J connectivity index is 1.58. The maximum atomic E-state index is 12.2. The van der Waals surface area contributed by atoms with Crippen LogP contribution in [-0.2, 0) is 4.74 Å². The number of ether oxygens (including phenoxy) is 1. The largest absolute Gasteiger partial charge is 0.378 e. The SMILES string of the molecule is CC(C)C1CC(NC(=O)Nc2cncc(-c3ccn[nH]3)c2)CCO1. The lowest BCUT2D eigenvalue weighted by Crippen LogP contribution is -2.45. The van der Waals surface area contributed by atoms with Crippen LogP contribution >= 0.6 is 0 Å². The molecule has 3 heterocycles. The van der Waals surface area contributed by atoms with Gasteiger partial charge in [0.2, 0.25) is 0 Å². The molecule has 2 atom stereocenters. The van der Waals surface area contributed by atoms with Crippen LogP contribution in [0.3, 0.4) is 0 Å². The van der Waals surface area contributed by atoms with E-state index in [4.69, 9.17) is 4.74 Å². The first kappa shape index (κ1) is 16.4. The summed E-state index contributed by atoms with van der Waals surface area (Å²) in [6.07, 6.45) is 6.91. The van der Waals surface area contributed by atoms with E-state index in [1.807, 2.05) is 12.1 Å². The van der Waals surface area contributed by atoms with Crippen molar-refractivity contribution in [2.75, 3.05) is 11.9 Å². The summed E-state index contributed by atoms with van der Waals surface area (Å²) < 4.78 is 5.74. The van der Waals surface area contributed by atoms with Crippen LogP contribution in [-0.4, -0.2) is 40.0 Å². The van der Waals surface area contributed by atoms with Crippen molar-refractivity contribution >= 4 is 11.7 Å². The Morgan fingerprint density at radius 1 is 1.42 bits per heavy atom. The Hall–Kier alpha value is -2.41. The zero-order chi connectivity index (χ0) is 16.9. The number of pyridine rings is 1. The van der Waals surface area contributed by atoms with Crippen LogP contribution in [0.1, 0.15) is 26.7 Å². The number of carbonyl (C=O) groups excluding carboxylic acids is 1. The molecule has 1 fully saturated rings. The molecule has 0 radical (unpaired) electrons. The minimum atomic E-state index is -0.215. The molecule has 0 spiro atoms. The van der Waals surface area contributed by atoms with E-state index in [2.05, 4.69) is 39.7 Å². The highest BCUT2D eigenvalue weighted by Crippen LogP contribution is 2.21. The smallest absolute Gasteiger partial charge is 0.319 e. The highest BCUT2D eigenvalue weighted by atomic mass is 16.5. The van der Waals surface area contributed by atoms with E-state index in [1.165, 1.54) is 0 Å². The fraction of sp³-hybridized carbons (Fsp3) is 0.471. The van der Waals surface area contributed by atoms with Crippen molar-refractivity contribution in [1.82, 2.24) is 20.5 Å². The molecular formula is C17H23N5O2. The molecule has 2 aromatic heterocycles. The number of hydrogen-bond acceptors (Lipinski definition) is 4. The molecule has 2 unspecified atom stereocenters. The zero-order valence-corrected chi connectivity index (χ0v) is 14.0. The number of rotatable bonds is 4. The number of nitrogens with one attached hydrogen (secondary N) is 3. The monoisotopic (exact) mass is 329 g/mol. The van der Waals surface area contributed by atoms with Crippen LogP contribution < -0.4 is 10.6 Å². The number of H-pyrrole nitrogens is 1. The maximum Gasteiger partial charge on any atom is 0.319 e. The predicted molar refractivity (Wildman–Crippen MR) is 91.6 cm³/mol. The Labute approximate surface area is 141 Å². The van der Waals surface area contributed by atoms with Crippen molar-refractivity contribution in [2.45, 2.75) is 38.8 Å². The molecule has 0 bridgehead atoms. The molecule has 1 aliphatic heterocycles. The lowest BCUT2D eigenvalue weighted by atomic mass is 9.95. The Morgan fingerprint density at radius 2 is 2.29 bits per heavy atom. The topological polar surface area (TPSA) is 91.9 Å². The van der Waals surface area contributed by atoms with Crippen molar-refractivity contribution in [1.29, 1.82) is 0 Å². The van der Waals surface area contributed by atoms with Gasteiger partial charge in [-0.25, -0.2) is 4.79 Å². The second-order valence-corrected chi connectivity index (χ2v) is 6.41. The van der Waals surface area contributed by atoms with E-state index in [0.29, 0.717) is 18.2 Å². The van der Waals surface area contributed by atoms with Gasteiger partial charge in [-0.2, -0.15) is 5.10 Å². The van der Waals surface area contributed by atoms with Gasteiger partial charge in [0.25, 0.3) is 0 Å². The van der Waals surface area contributed by atoms with Crippen LogP contribution in [0.4, 0.5) is 10.5 Å². The number of hydrogen-bond donors (Lipinski definition) is 3. The molecule has 0 saturated carbocycles. The fourth-order valence-corrected chi connectivity index (χ4v) is 2.85. The molecule has 7 heteroatoms. The van der Waals surface area contributed by atoms with Crippen molar-refractivity contribution in [3.05, 3.63) is 30.7 Å². The number of aromatic amines is 1. The molecule has 0 aromatic carbocycles. The lowest BCUT2D eigenvalue weighted by molar-refractivity contribution is -0.0223. The van der Waals surface area contributed by atoms with Crippen LogP contribution in [0.25, 0.3) is 11.3 Å². The molecule has 1 saturated heterocycles. The molecule has 3 rings (SSSR count). The molecule has 0 aliphatic carbocycles. The maximum absolute atomic E-state index is 12.2. The summed E-state index contributed by atoms with van der Waals surface area (Å²) in [7, 11) is 0. The molecule has 3 N–H and O–H groups in total. The summed E-state index contributed by atoms with van der Waals surface area (Å²) >= 11 is 0. The number of carbonyl (C=O) groups is 1. The van der Waals surface area contributed by atoms with E-state index in [-0.39, 0.29) is 18.2 Å². The number of aromatic nitrogens is 3. The second kappa shape index (κ2) is 7.44. The average Bonchev–Trinajstić information content (AvgIpc) is 3.09. The van der Waals surface area contributed by atoms with Gasteiger partial charge < -0.3 is 15.4 Å². The third-order valence-corrected chi connectivity index (χ3v) is 4.20. The van der Waals surface area contributed by atoms with Crippen LogP contribution in [0.2, 0.25) is 0 Å². The second-order valence-electron chi connectivity index (χ2n) is 6.41. The number of nitrogens with zero attached hydrogens (tertiary/aromatic N) is 2. The minimum Gasteiger partial charge on any atom is -0.378 e. The van der Waals surface area contributed by atoms with Gasteiger partial charge in [-0.3, -0.25) is 10.1 Å². The van der Waals surface area contributed by atoms with Crippen LogP contribution in [0.5, 0.6) is 0 Å². The zero-order valence-electron chi connectivity index (χ0n) is 14.0. The summed E-state index contributed by atoms with van der Waals surface area (Å²) in [4.78, 5) is 16.4. The Morgan fingerprint density at radius 3 is 3.04 bits per heavy atom. The number of amides is 2. The van der Waals surface area contributed by atoms with Crippen molar-refractivity contribution in [3.63, 3.8) is 0 Å². The fourth-order valence-electron chi connectivity index (χ4n) is 2.85. The molecule has 7 nitrogen and oxygen atoms in total. The molecule has 128 valence electrons. The van der Waals surface area contributed by atoms with Gasteiger partial charge in [0.1, 0.15) is 0 Å². The lowest BCUT2D eigenvalue weighted by Gasteiger charge is -2.32. The summed E-state index contributed by atoms with van der Waals surface area (Å²) in [5.41, 5.74) is 2.37. The van der Waals surface area contributed by atoms with Gasteiger partial charge in [-0.15, -0.1) is 0 Å². The predicted octanol–water partition coefficient (Wildman–Crippen LogP) is 2.80. The third-order valence-electron chi connectivity index (χ3n) is 4.20. The van der Waals surface area contributed by atoms with Crippen LogP contribution in [0, 0.1) is 5.92 Å². The molecular weight excluding hydrogens is 306 g/mol. The summed E-state index contributed by atoms with van der Waals surface area (Å²) in [5.74, 6) is 0.452. The third kappa shape index (κ3) is 4.11. The molecule has 1 aliphatic rings. The number of anilines is 1. The van der Waals surface area contributed by atoms with Gasteiger partial charge in [0, 0.05) is 30.6 Å². The molecule has 2 amide bonds. The Bertz CT molecular complexity index is 671. The Kier molecular flexibility index (Phi) is 5.10. The van der Waals surface area contributed by atoms with E-state index < -0.39 is 0 Å². The standard InChI is InChI=1S/C17H23N5O2/c1-11(2)16-8-13(4-6-24-16)20-17(23)21-14-7-12(9-18-10-14)15-3-5-19-22-15/h3,5,7,9-11,13,16H,4,6,8H2,1-2H3,(H,19,22)(H2,20,21,23). The normalized spacial score (nSPS) is 20.8.